The minimum atomic E-state index is -5.22. The third-order valence-corrected chi connectivity index (χ3v) is 6.49. The second-order valence-electron chi connectivity index (χ2n) is 9.09. The van der Waals surface area contributed by atoms with Crippen molar-refractivity contribution in [2.24, 2.45) is 0 Å². The van der Waals surface area contributed by atoms with Crippen LogP contribution in [0.4, 0.5) is 35.1 Å². The standard InChI is InChI=1S/C25H22F8N2O6S/c1-42(38,39)35-21(37)19-18(14-3-7-17(8-4-14)41-22(26)27)13-23(25(31,32)33,34-20(19)36)15-5-9-16(10-6-15)40-12-2-11-24(28,29)30/h3-10,22H,2,11-13H2,1H3,(H,34,36)(H,35,37). The Labute approximate surface area is 233 Å². The molecule has 0 spiro atoms. The molecule has 2 aromatic rings. The average Bonchev–Trinajstić information content (AvgIpc) is 2.84. The van der Waals surface area contributed by atoms with Crippen molar-refractivity contribution < 1.29 is 62.6 Å². The lowest BCUT2D eigenvalue weighted by atomic mass is 9.76. The number of ether oxygens (including phenoxy) is 2. The molecule has 8 nitrogen and oxygen atoms in total. The maximum atomic E-state index is 14.7. The molecule has 0 radical (unpaired) electrons. The molecule has 1 unspecified atom stereocenters. The Morgan fingerprint density at radius 3 is 2.07 bits per heavy atom. The zero-order valence-corrected chi connectivity index (χ0v) is 22.2. The summed E-state index contributed by atoms with van der Waals surface area (Å²) in [4.78, 5) is 25.9. The summed E-state index contributed by atoms with van der Waals surface area (Å²) in [5, 5.41) is 1.76. The number of halogens is 8. The molecule has 1 heterocycles. The van der Waals surface area contributed by atoms with Gasteiger partial charge in [0.2, 0.25) is 10.0 Å². The third-order valence-electron chi connectivity index (χ3n) is 5.94. The summed E-state index contributed by atoms with van der Waals surface area (Å²) >= 11 is 0. The van der Waals surface area contributed by atoms with Crippen LogP contribution in [0, 0.1) is 0 Å². The Bertz CT molecular complexity index is 1440. The summed E-state index contributed by atoms with van der Waals surface area (Å²) in [6.45, 7) is -3.60. The lowest BCUT2D eigenvalue weighted by Crippen LogP contribution is -2.59. The molecule has 1 aliphatic heterocycles. The van der Waals surface area contributed by atoms with Gasteiger partial charge in [-0.25, -0.2) is 13.1 Å². The van der Waals surface area contributed by atoms with E-state index in [1.807, 2.05) is 0 Å². The van der Waals surface area contributed by atoms with E-state index in [4.69, 9.17) is 4.74 Å². The van der Waals surface area contributed by atoms with Crippen LogP contribution in [0.2, 0.25) is 0 Å². The van der Waals surface area contributed by atoms with Crippen LogP contribution < -0.4 is 19.5 Å². The molecule has 42 heavy (non-hydrogen) atoms. The summed E-state index contributed by atoms with van der Waals surface area (Å²) in [6, 6.07) is 7.87. The fourth-order valence-corrected chi connectivity index (χ4v) is 4.58. The summed E-state index contributed by atoms with van der Waals surface area (Å²) in [5.74, 6) is -3.56. The van der Waals surface area contributed by atoms with Crippen LogP contribution in [-0.2, 0) is 25.2 Å². The van der Waals surface area contributed by atoms with Gasteiger partial charge in [0.25, 0.3) is 11.8 Å². The minimum Gasteiger partial charge on any atom is -0.494 e. The molecule has 0 fully saturated rings. The van der Waals surface area contributed by atoms with Gasteiger partial charge in [0.15, 0.2) is 5.54 Å². The number of benzene rings is 2. The van der Waals surface area contributed by atoms with Crippen molar-refractivity contribution in [3.63, 3.8) is 0 Å². The SMILES string of the molecule is CS(=O)(=O)NC(=O)C1=C(c2ccc(OC(F)F)cc2)CC(c2ccc(OCCCC(F)(F)F)cc2)(C(F)(F)F)NC1=O. The van der Waals surface area contributed by atoms with E-state index in [2.05, 4.69) is 4.74 Å². The molecule has 0 bridgehead atoms. The van der Waals surface area contributed by atoms with Gasteiger partial charge in [-0.15, -0.1) is 0 Å². The van der Waals surface area contributed by atoms with E-state index in [1.165, 1.54) is 4.72 Å². The number of carbonyl (C=O) groups is 2. The number of rotatable bonds is 10. The smallest absolute Gasteiger partial charge is 0.416 e. The van der Waals surface area contributed by atoms with Crippen LogP contribution in [0.15, 0.2) is 54.1 Å². The number of amides is 2. The van der Waals surface area contributed by atoms with E-state index >= 15 is 0 Å². The Kier molecular flexibility index (Phi) is 9.44. The minimum absolute atomic E-state index is 0.0565. The number of nitrogens with one attached hydrogen (secondary N) is 2. The van der Waals surface area contributed by atoms with Crippen molar-refractivity contribution >= 4 is 27.4 Å². The fraction of sp³-hybridized carbons (Fsp3) is 0.360. The maximum absolute atomic E-state index is 14.7. The van der Waals surface area contributed by atoms with Gasteiger partial charge in [0, 0.05) is 12.8 Å². The first-order chi connectivity index (χ1) is 19.3. The van der Waals surface area contributed by atoms with Gasteiger partial charge < -0.3 is 14.8 Å². The van der Waals surface area contributed by atoms with E-state index in [-0.39, 0.29) is 23.7 Å². The van der Waals surface area contributed by atoms with Crippen molar-refractivity contribution in [3.05, 3.63) is 65.2 Å². The van der Waals surface area contributed by atoms with Gasteiger partial charge >= 0.3 is 19.0 Å². The predicted molar refractivity (Wildman–Crippen MR) is 131 cm³/mol. The molecular weight excluding hydrogens is 608 g/mol. The van der Waals surface area contributed by atoms with Crippen molar-refractivity contribution in [2.75, 3.05) is 12.9 Å². The largest absolute Gasteiger partial charge is 0.494 e. The van der Waals surface area contributed by atoms with Crippen LogP contribution in [0.3, 0.4) is 0 Å². The molecular formula is C25H22F8N2O6S. The normalized spacial score (nSPS) is 18.1. The molecule has 0 saturated carbocycles. The van der Waals surface area contributed by atoms with Gasteiger partial charge in [0.05, 0.1) is 12.9 Å². The van der Waals surface area contributed by atoms with E-state index in [0.29, 0.717) is 6.26 Å². The Morgan fingerprint density at radius 1 is 1.00 bits per heavy atom. The molecule has 3 rings (SSSR count). The molecule has 17 heteroatoms. The quantitative estimate of drug-likeness (QED) is 0.222. The molecule has 0 saturated heterocycles. The Morgan fingerprint density at radius 2 is 1.57 bits per heavy atom. The number of alkyl halides is 8. The molecule has 1 atom stereocenters. The lowest BCUT2D eigenvalue weighted by Gasteiger charge is -2.41. The summed E-state index contributed by atoms with van der Waals surface area (Å²) < 4.78 is 140. The molecule has 2 aromatic carbocycles. The average molecular weight is 631 g/mol. The van der Waals surface area contributed by atoms with Gasteiger partial charge in [-0.1, -0.05) is 24.3 Å². The van der Waals surface area contributed by atoms with E-state index in [9.17, 15) is 53.1 Å². The first-order valence-electron chi connectivity index (χ1n) is 11.8. The lowest BCUT2D eigenvalue weighted by molar-refractivity contribution is -0.201. The van der Waals surface area contributed by atoms with Crippen LogP contribution >= 0.6 is 0 Å². The summed E-state index contributed by atoms with van der Waals surface area (Å²) in [7, 11) is -4.27. The highest BCUT2D eigenvalue weighted by Gasteiger charge is 2.60. The van der Waals surface area contributed by atoms with Crippen molar-refractivity contribution in [1.82, 2.24) is 10.0 Å². The van der Waals surface area contributed by atoms with Crippen molar-refractivity contribution in [3.8, 4) is 11.5 Å². The molecule has 230 valence electrons. The van der Waals surface area contributed by atoms with Gasteiger partial charge in [-0.2, -0.15) is 35.1 Å². The van der Waals surface area contributed by atoms with Crippen LogP contribution in [-0.4, -0.2) is 52.1 Å². The van der Waals surface area contributed by atoms with Crippen LogP contribution in [0.5, 0.6) is 11.5 Å². The van der Waals surface area contributed by atoms with Gasteiger partial charge in [-0.05, 0) is 47.4 Å². The Hall–Kier alpha value is -3.89. The topological polar surface area (TPSA) is 111 Å². The van der Waals surface area contributed by atoms with Crippen LogP contribution in [0.1, 0.15) is 30.4 Å². The molecule has 0 aliphatic carbocycles. The number of hydrogen-bond donors (Lipinski definition) is 2. The van der Waals surface area contributed by atoms with Crippen molar-refractivity contribution in [1.29, 1.82) is 0 Å². The Balaban J connectivity index is 2.06. The number of carbonyl (C=O) groups excluding carboxylic acids is 2. The van der Waals surface area contributed by atoms with Gasteiger partial charge in [0.1, 0.15) is 17.1 Å². The number of hydrogen-bond acceptors (Lipinski definition) is 6. The highest BCUT2D eigenvalue weighted by Crippen LogP contribution is 2.48. The first-order valence-corrected chi connectivity index (χ1v) is 13.7. The molecule has 2 N–H and O–H groups in total. The zero-order chi connectivity index (χ0) is 31.5. The highest BCUT2D eigenvalue weighted by atomic mass is 32.2. The van der Waals surface area contributed by atoms with E-state index in [1.54, 1.807) is 5.32 Å². The second kappa shape index (κ2) is 12.1. The van der Waals surface area contributed by atoms with E-state index in [0.717, 1.165) is 48.5 Å². The second-order valence-corrected chi connectivity index (χ2v) is 10.8. The zero-order valence-electron chi connectivity index (χ0n) is 21.4. The summed E-state index contributed by atoms with van der Waals surface area (Å²) in [6.07, 6.45) is -11.7. The first kappa shape index (κ1) is 32.6. The monoisotopic (exact) mass is 630 g/mol. The van der Waals surface area contributed by atoms with Gasteiger partial charge in [-0.3, -0.25) is 9.59 Å². The molecule has 2 amide bonds. The highest BCUT2D eigenvalue weighted by molar-refractivity contribution is 7.89. The summed E-state index contributed by atoms with van der Waals surface area (Å²) in [5.41, 5.74) is -5.46. The predicted octanol–water partition coefficient (Wildman–Crippen LogP) is 4.82. The van der Waals surface area contributed by atoms with E-state index < -0.39 is 82.3 Å². The van der Waals surface area contributed by atoms with Crippen molar-refractivity contribution in [2.45, 2.75) is 43.8 Å². The molecule has 0 aromatic heterocycles. The fourth-order valence-electron chi connectivity index (χ4n) is 4.14. The maximum Gasteiger partial charge on any atom is 0.416 e. The molecule has 1 aliphatic rings. The number of sulfonamides is 1. The third kappa shape index (κ3) is 8.10. The van der Waals surface area contributed by atoms with Crippen LogP contribution in [0.25, 0.3) is 5.57 Å².